The summed E-state index contributed by atoms with van der Waals surface area (Å²) in [4.78, 5) is 47.0. The van der Waals surface area contributed by atoms with Crippen LogP contribution in [0.2, 0.25) is 0 Å². The molecule has 1 unspecified atom stereocenters. The molecule has 38 heavy (non-hydrogen) atoms. The second kappa shape index (κ2) is 11.6. The van der Waals surface area contributed by atoms with E-state index in [1.165, 1.54) is 4.90 Å². The van der Waals surface area contributed by atoms with Crippen LogP contribution in [-0.4, -0.2) is 60.1 Å². The molecule has 0 bridgehead atoms. The summed E-state index contributed by atoms with van der Waals surface area (Å²) in [5, 5.41) is 16.0. The molecule has 9 nitrogen and oxygen atoms in total. The average molecular weight is 520 g/mol. The number of aliphatic hydroxyl groups excluding tert-OH is 1. The molecule has 2 heterocycles. The molecule has 3 N–H and O–H groups in total. The molecule has 1 aromatic heterocycles. The number of amides is 3. The lowest BCUT2D eigenvalue weighted by atomic mass is 9.79. The van der Waals surface area contributed by atoms with E-state index in [4.69, 9.17) is 0 Å². The molecule has 5 rings (SSSR count). The van der Waals surface area contributed by atoms with Gasteiger partial charge in [-0.1, -0.05) is 18.9 Å². The van der Waals surface area contributed by atoms with Crippen LogP contribution < -0.4 is 20.4 Å². The van der Waals surface area contributed by atoms with Crippen LogP contribution in [0.15, 0.2) is 42.7 Å². The Labute approximate surface area is 223 Å². The van der Waals surface area contributed by atoms with Gasteiger partial charge in [0.15, 0.2) is 0 Å². The third kappa shape index (κ3) is 5.73. The van der Waals surface area contributed by atoms with E-state index in [0.717, 1.165) is 44.1 Å². The number of pyridine rings is 1. The monoisotopic (exact) mass is 519 g/mol. The Morgan fingerprint density at radius 3 is 2.61 bits per heavy atom. The molecular formula is C29H37N5O4. The Kier molecular flexibility index (Phi) is 8.04. The van der Waals surface area contributed by atoms with E-state index in [-0.39, 0.29) is 55.4 Å². The van der Waals surface area contributed by atoms with Crippen molar-refractivity contribution in [1.29, 1.82) is 0 Å². The molecule has 3 atom stereocenters. The summed E-state index contributed by atoms with van der Waals surface area (Å²) in [5.74, 6) is 0.0677. The van der Waals surface area contributed by atoms with Crippen molar-refractivity contribution in [3.05, 3.63) is 53.9 Å². The Morgan fingerprint density at radius 2 is 1.89 bits per heavy atom. The number of anilines is 2. The molecule has 2 saturated carbocycles. The Morgan fingerprint density at radius 1 is 1.11 bits per heavy atom. The molecule has 202 valence electrons. The van der Waals surface area contributed by atoms with Gasteiger partial charge in [-0.2, -0.15) is 0 Å². The summed E-state index contributed by atoms with van der Waals surface area (Å²) in [5.41, 5.74) is 2.61. The van der Waals surface area contributed by atoms with Crippen LogP contribution in [0.25, 0.3) is 0 Å². The van der Waals surface area contributed by atoms with Crippen molar-refractivity contribution in [2.75, 3.05) is 36.0 Å². The summed E-state index contributed by atoms with van der Waals surface area (Å²) >= 11 is 0. The minimum absolute atomic E-state index is 0.0378. The van der Waals surface area contributed by atoms with Crippen molar-refractivity contribution < 1.29 is 19.5 Å². The Balaban J connectivity index is 1.32. The van der Waals surface area contributed by atoms with Gasteiger partial charge < -0.3 is 20.6 Å². The van der Waals surface area contributed by atoms with Gasteiger partial charge in [-0.3, -0.25) is 24.3 Å². The normalized spacial score (nSPS) is 22.1. The molecule has 2 aromatic rings. The van der Waals surface area contributed by atoms with Crippen LogP contribution in [0.3, 0.4) is 0 Å². The number of hydrogen-bond donors (Lipinski definition) is 3. The fourth-order valence-corrected chi connectivity index (χ4v) is 5.72. The number of carbonyl (C=O) groups is 3. The molecule has 0 spiro atoms. The zero-order valence-corrected chi connectivity index (χ0v) is 21.9. The van der Waals surface area contributed by atoms with Crippen LogP contribution in [0.5, 0.6) is 0 Å². The second-order valence-corrected chi connectivity index (χ2v) is 10.8. The molecule has 2 aliphatic carbocycles. The van der Waals surface area contributed by atoms with Crippen molar-refractivity contribution in [3.63, 3.8) is 0 Å². The maximum atomic E-state index is 13.4. The summed E-state index contributed by atoms with van der Waals surface area (Å²) in [6.07, 6.45) is 9.65. The number of hydrogen-bond acceptors (Lipinski definition) is 6. The van der Waals surface area contributed by atoms with Crippen molar-refractivity contribution in [2.45, 2.75) is 57.5 Å². The first kappa shape index (κ1) is 26.3. The van der Waals surface area contributed by atoms with E-state index in [2.05, 4.69) is 15.6 Å². The van der Waals surface area contributed by atoms with Crippen molar-refractivity contribution >= 4 is 29.1 Å². The highest BCUT2D eigenvalue weighted by Gasteiger charge is 2.41. The van der Waals surface area contributed by atoms with Crippen molar-refractivity contribution in [1.82, 2.24) is 15.6 Å². The molecule has 9 heteroatoms. The molecular weight excluding hydrogens is 482 g/mol. The number of carbonyl (C=O) groups excluding carboxylic acids is 3. The highest BCUT2D eigenvalue weighted by atomic mass is 16.3. The van der Waals surface area contributed by atoms with Crippen LogP contribution >= 0.6 is 0 Å². The zero-order chi connectivity index (χ0) is 26.6. The van der Waals surface area contributed by atoms with Gasteiger partial charge in [0, 0.05) is 30.6 Å². The minimum atomic E-state index is -0.253. The topological polar surface area (TPSA) is 115 Å². The summed E-state index contributed by atoms with van der Waals surface area (Å²) in [6, 6.07) is 8.89. The van der Waals surface area contributed by atoms with Gasteiger partial charge in [0.05, 0.1) is 24.0 Å². The second-order valence-electron chi connectivity index (χ2n) is 10.8. The standard InChI is InChI=1S/C29H37N5O4/c1-19(21-7-4-12-30-14-21)32-29(38)20-8-11-25-26(13-20)33(17-28(37)34(25)24-9-10-24)27(36)16-31-15-22-5-2-3-6-23(22)18-35/h4,7-8,11-14,19,22-24,31,35H,2-3,5-6,9-10,15-18H2,1H3,(H,32,38)/t19?,22-,23+/m1/s1. The lowest BCUT2D eigenvalue weighted by molar-refractivity contribution is -0.122. The number of benzene rings is 1. The number of nitrogens with one attached hydrogen (secondary N) is 2. The third-order valence-electron chi connectivity index (χ3n) is 8.08. The van der Waals surface area contributed by atoms with Crippen LogP contribution in [0.4, 0.5) is 11.4 Å². The summed E-state index contributed by atoms with van der Waals surface area (Å²) in [7, 11) is 0. The van der Waals surface area contributed by atoms with Crippen LogP contribution in [0.1, 0.15) is 67.4 Å². The lowest BCUT2D eigenvalue weighted by Crippen LogP contribution is -2.51. The largest absolute Gasteiger partial charge is 0.396 e. The quantitative estimate of drug-likeness (QED) is 0.469. The molecule has 3 aliphatic rings. The SMILES string of the molecule is CC(NC(=O)c1ccc2c(c1)N(C(=O)CNC[C@H]1CCCC[C@H]1CO)CC(=O)N2C1CC1)c1cccnc1. The van der Waals surface area contributed by atoms with Crippen molar-refractivity contribution in [3.8, 4) is 0 Å². The first-order valence-corrected chi connectivity index (χ1v) is 13.7. The zero-order valence-electron chi connectivity index (χ0n) is 21.9. The van der Waals surface area contributed by atoms with Gasteiger partial charge in [-0.05, 0) is 80.8 Å². The minimum Gasteiger partial charge on any atom is -0.396 e. The van der Waals surface area contributed by atoms with E-state index in [0.29, 0.717) is 29.4 Å². The van der Waals surface area contributed by atoms with Crippen LogP contribution in [0, 0.1) is 11.8 Å². The maximum Gasteiger partial charge on any atom is 0.251 e. The number of aliphatic hydroxyl groups is 1. The van der Waals surface area contributed by atoms with Crippen LogP contribution in [-0.2, 0) is 9.59 Å². The smallest absolute Gasteiger partial charge is 0.251 e. The van der Waals surface area contributed by atoms with E-state index in [1.54, 1.807) is 35.5 Å². The first-order chi connectivity index (χ1) is 18.5. The highest BCUT2D eigenvalue weighted by Crippen LogP contribution is 2.41. The van der Waals surface area contributed by atoms with E-state index < -0.39 is 0 Å². The fourth-order valence-electron chi connectivity index (χ4n) is 5.72. The fraction of sp³-hybridized carbons (Fsp3) is 0.517. The molecule has 3 amide bonds. The summed E-state index contributed by atoms with van der Waals surface area (Å²) < 4.78 is 0. The Bertz CT molecular complexity index is 1170. The van der Waals surface area contributed by atoms with Gasteiger partial charge >= 0.3 is 0 Å². The number of aromatic nitrogens is 1. The number of fused-ring (bicyclic) bond motifs is 1. The third-order valence-corrected chi connectivity index (χ3v) is 8.08. The molecule has 1 aromatic carbocycles. The van der Waals surface area contributed by atoms with Gasteiger partial charge in [0.2, 0.25) is 11.8 Å². The Hall–Kier alpha value is -3.30. The van der Waals surface area contributed by atoms with Gasteiger partial charge in [-0.25, -0.2) is 0 Å². The van der Waals surface area contributed by atoms with E-state index >= 15 is 0 Å². The molecule has 2 fully saturated rings. The van der Waals surface area contributed by atoms with Crippen molar-refractivity contribution in [2.24, 2.45) is 11.8 Å². The lowest BCUT2D eigenvalue weighted by Gasteiger charge is -2.37. The number of rotatable bonds is 9. The first-order valence-electron chi connectivity index (χ1n) is 13.7. The van der Waals surface area contributed by atoms with Gasteiger partial charge in [0.1, 0.15) is 6.54 Å². The molecule has 0 radical (unpaired) electrons. The van der Waals surface area contributed by atoms with Gasteiger partial charge in [0.25, 0.3) is 5.91 Å². The maximum absolute atomic E-state index is 13.4. The number of nitrogens with zero attached hydrogens (tertiary/aromatic N) is 3. The molecule has 1 aliphatic heterocycles. The molecule has 0 saturated heterocycles. The predicted octanol–water partition coefficient (Wildman–Crippen LogP) is 2.80. The van der Waals surface area contributed by atoms with Gasteiger partial charge in [-0.15, -0.1) is 0 Å². The highest BCUT2D eigenvalue weighted by molar-refractivity contribution is 6.13. The summed E-state index contributed by atoms with van der Waals surface area (Å²) in [6.45, 7) is 2.79. The van der Waals surface area contributed by atoms with E-state index in [1.807, 2.05) is 19.1 Å². The average Bonchev–Trinajstić information content (AvgIpc) is 3.78. The van der Waals surface area contributed by atoms with E-state index in [9.17, 15) is 19.5 Å². The predicted molar refractivity (Wildman–Crippen MR) is 145 cm³/mol.